The lowest BCUT2D eigenvalue weighted by molar-refractivity contribution is -0.114. The summed E-state index contributed by atoms with van der Waals surface area (Å²) in [6, 6.07) is 7.43. The summed E-state index contributed by atoms with van der Waals surface area (Å²) in [6.07, 6.45) is 0.873. The number of fused-ring (bicyclic) bond motifs is 1. The van der Waals surface area contributed by atoms with Gasteiger partial charge >= 0.3 is 0 Å². The highest BCUT2D eigenvalue weighted by molar-refractivity contribution is 5.99. The predicted octanol–water partition coefficient (Wildman–Crippen LogP) is 2.38. The average molecular weight is 410 g/mol. The van der Waals surface area contributed by atoms with Crippen molar-refractivity contribution in [3.63, 3.8) is 0 Å². The van der Waals surface area contributed by atoms with Crippen molar-refractivity contribution in [3.05, 3.63) is 35.5 Å². The number of benzene rings is 1. The summed E-state index contributed by atoms with van der Waals surface area (Å²) in [5.74, 6) is 0.881. The topological polar surface area (TPSA) is 99.7 Å². The molecule has 9 nitrogen and oxygen atoms in total. The lowest BCUT2D eigenvalue weighted by Gasteiger charge is -2.27. The Morgan fingerprint density at radius 2 is 1.90 bits per heavy atom. The molecule has 2 aliphatic heterocycles. The Morgan fingerprint density at radius 3 is 2.60 bits per heavy atom. The summed E-state index contributed by atoms with van der Waals surface area (Å²) in [7, 11) is 0. The van der Waals surface area contributed by atoms with Gasteiger partial charge in [-0.05, 0) is 18.6 Å². The largest absolute Gasteiger partial charge is 0.378 e. The number of rotatable bonds is 6. The molecule has 9 heteroatoms. The molecule has 0 radical (unpaired) electrons. The number of para-hydroxylation sites is 2. The number of carbonyl (C=O) groups excluding carboxylic acids is 2. The molecular formula is C21H26N6O3. The van der Waals surface area contributed by atoms with Crippen LogP contribution in [0.5, 0.6) is 0 Å². The Labute approximate surface area is 175 Å². The van der Waals surface area contributed by atoms with Gasteiger partial charge in [-0.1, -0.05) is 19.1 Å². The highest BCUT2D eigenvalue weighted by Gasteiger charge is 2.33. The second-order valence-corrected chi connectivity index (χ2v) is 7.38. The van der Waals surface area contributed by atoms with E-state index in [1.807, 2.05) is 36.1 Å². The Kier molecular flexibility index (Phi) is 5.80. The van der Waals surface area contributed by atoms with E-state index >= 15 is 0 Å². The van der Waals surface area contributed by atoms with Crippen molar-refractivity contribution < 1.29 is 14.3 Å². The molecule has 158 valence electrons. The molecule has 2 aromatic rings. The zero-order chi connectivity index (χ0) is 21.1. The first kappa shape index (κ1) is 20.1. The molecule has 4 rings (SSSR count). The first-order valence-corrected chi connectivity index (χ1v) is 10.2. The van der Waals surface area contributed by atoms with Crippen molar-refractivity contribution in [1.82, 2.24) is 14.9 Å². The lowest BCUT2D eigenvalue weighted by atomic mass is 10.2. The molecule has 1 fully saturated rings. The number of nitrogens with one attached hydrogen (secondary N) is 2. The minimum Gasteiger partial charge on any atom is -0.378 e. The second-order valence-electron chi connectivity index (χ2n) is 7.38. The zero-order valence-corrected chi connectivity index (χ0v) is 17.3. The maximum absolute atomic E-state index is 12.9. The molecule has 0 bridgehead atoms. The van der Waals surface area contributed by atoms with E-state index in [2.05, 4.69) is 15.6 Å². The van der Waals surface area contributed by atoms with Crippen molar-refractivity contribution in [2.24, 2.45) is 0 Å². The van der Waals surface area contributed by atoms with E-state index < -0.39 is 0 Å². The number of ether oxygens (including phenoxy) is 1. The molecular weight excluding hydrogens is 384 g/mol. The molecule has 0 aliphatic carbocycles. The molecule has 30 heavy (non-hydrogen) atoms. The van der Waals surface area contributed by atoms with Crippen LogP contribution in [0.1, 0.15) is 36.3 Å². The van der Waals surface area contributed by atoms with Gasteiger partial charge in [-0.15, -0.1) is 0 Å². The summed E-state index contributed by atoms with van der Waals surface area (Å²) >= 11 is 0. The van der Waals surface area contributed by atoms with Crippen LogP contribution in [0.2, 0.25) is 0 Å². The summed E-state index contributed by atoms with van der Waals surface area (Å²) in [6.45, 7) is 7.21. The normalized spacial score (nSPS) is 15.9. The van der Waals surface area contributed by atoms with Crippen molar-refractivity contribution in [2.45, 2.75) is 26.8 Å². The summed E-state index contributed by atoms with van der Waals surface area (Å²) < 4.78 is 5.43. The third-order valence-electron chi connectivity index (χ3n) is 5.11. The SMILES string of the molecule is CCCN1Cc2c(Nc3ccccc3NC(C)=O)nc(N3CCOCC3)nc2C1=O. The van der Waals surface area contributed by atoms with E-state index in [1.54, 1.807) is 4.90 Å². The smallest absolute Gasteiger partial charge is 0.273 e. The molecule has 0 saturated carbocycles. The molecule has 0 unspecified atom stereocenters. The molecule has 1 aromatic carbocycles. The Balaban J connectivity index is 1.74. The number of hydrogen-bond donors (Lipinski definition) is 2. The van der Waals surface area contributed by atoms with Crippen molar-refractivity contribution in [1.29, 1.82) is 0 Å². The fraction of sp³-hybridized carbons (Fsp3) is 0.429. The van der Waals surface area contributed by atoms with Crippen LogP contribution < -0.4 is 15.5 Å². The summed E-state index contributed by atoms with van der Waals surface area (Å²) in [4.78, 5) is 37.8. The number of anilines is 4. The minimum absolute atomic E-state index is 0.0676. The van der Waals surface area contributed by atoms with Gasteiger partial charge in [0, 0.05) is 32.1 Å². The summed E-state index contributed by atoms with van der Waals surface area (Å²) in [5, 5.41) is 6.17. The zero-order valence-electron chi connectivity index (χ0n) is 17.3. The molecule has 0 atom stereocenters. The number of amides is 2. The van der Waals surface area contributed by atoms with Crippen LogP contribution in [0, 0.1) is 0 Å². The fourth-order valence-corrected chi connectivity index (χ4v) is 3.69. The van der Waals surface area contributed by atoms with Gasteiger partial charge in [0.1, 0.15) is 11.5 Å². The highest BCUT2D eigenvalue weighted by atomic mass is 16.5. The van der Waals surface area contributed by atoms with Gasteiger partial charge in [-0.25, -0.2) is 4.98 Å². The Morgan fingerprint density at radius 1 is 1.17 bits per heavy atom. The molecule has 3 heterocycles. The molecule has 2 amide bonds. The van der Waals surface area contributed by atoms with Crippen molar-refractivity contribution in [3.8, 4) is 0 Å². The first-order chi connectivity index (χ1) is 14.6. The van der Waals surface area contributed by atoms with Gasteiger partial charge in [0.2, 0.25) is 11.9 Å². The van der Waals surface area contributed by atoms with E-state index in [4.69, 9.17) is 9.72 Å². The van der Waals surface area contributed by atoms with Crippen LogP contribution in [-0.4, -0.2) is 59.5 Å². The number of nitrogens with zero attached hydrogens (tertiary/aromatic N) is 4. The lowest BCUT2D eigenvalue weighted by Crippen LogP contribution is -2.37. The van der Waals surface area contributed by atoms with Gasteiger partial charge in [-0.2, -0.15) is 4.98 Å². The van der Waals surface area contributed by atoms with E-state index in [9.17, 15) is 9.59 Å². The van der Waals surface area contributed by atoms with Crippen LogP contribution >= 0.6 is 0 Å². The molecule has 1 saturated heterocycles. The van der Waals surface area contributed by atoms with Crippen LogP contribution in [0.3, 0.4) is 0 Å². The number of morpholine rings is 1. The Hall–Kier alpha value is -3.20. The van der Waals surface area contributed by atoms with Gasteiger partial charge in [-0.3, -0.25) is 9.59 Å². The van der Waals surface area contributed by atoms with E-state index in [0.29, 0.717) is 68.2 Å². The molecule has 1 aromatic heterocycles. The van der Waals surface area contributed by atoms with Crippen LogP contribution in [-0.2, 0) is 16.1 Å². The van der Waals surface area contributed by atoms with E-state index in [1.165, 1.54) is 6.92 Å². The average Bonchev–Trinajstić information content (AvgIpc) is 3.06. The first-order valence-electron chi connectivity index (χ1n) is 10.2. The van der Waals surface area contributed by atoms with Gasteiger partial charge < -0.3 is 25.2 Å². The predicted molar refractivity (Wildman–Crippen MR) is 114 cm³/mol. The molecule has 0 spiro atoms. The quantitative estimate of drug-likeness (QED) is 0.754. The monoisotopic (exact) mass is 410 g/mol. The van der Waals surface area contributed by atoms with Crippen LogP contribution in [0.15, 0.2) is 24.3 Å². The van der Waals surface area contributed by atoms with Crippen LogP contribution in [0.4, 0.5) is 23.1 Å². The standard InChI is InChI=1S/C21H26N6O3/c1-3-8-27-13-15-18(20(27)29)24-21(26-9-11-30-12-10-26)25-19(15)23-17-7-5-4-6-16(17)22-14(2)28/h4-7H,3,8-13H2,1-2H3,(H,22,28)(H,23,24,25). The highest BCUT2D eigenvalue weighted by Crippen LogP contribution is 2.33. The van der Waals surface area contributed by atoms with Crippen molar-refractivity contribution >= 4 is 35.0 Å². The third-order valence-corrected chi connectivity index (χ3v) is 5.11. The maximum Gasteiger partial charge on any atom is 0.273 e. The number of hydrogen-bond acceptors (Lipinski definition) is 7. The van der Waals surface area contributed by atoms with Crippen LogP contribution in [0.25, 0.3) is 0 Å². The van der Waals surface area contributed by atoms with Gasteiger partial charge in [0.25, 0.3) is 5.91 Å². The molecule has 2 aliphatic rings. The van der Waals surface area contributed by atoms with Gasteiger partial charge in [0.05, 0.1) is 31.1 Å². The fourth-order valence-electron chi connectivity index (χ4n) is 3.69. The number of aromatic nitrogens is 2. The molecule has 2 N–H and O–H groups in total. The summed E-state index contributed by atoms with van der Waals surface area (Å²) in [5.41, 5.74) is 2.59. The van der Waals surface area contributed by atoms with E-state index in [0.717, 1.165) is 12.0 Å². The second kappa shape index (κ2) is 8.66. The Bertz CT molecular complexity index is 958. The number of carbonyl (C=O) groups is 2. The van der Waals surface area contributed by atoms with Crippen molar-refractivity contribution in [2.75, 3.05) is 48.4 Å². The van der Waals surface area contributed by atoms with Gasteiger partial charge in [0.15, 0.2) is 0 Å². The third kappa shape index (κ3) is 4.06. The van der Waals surface area contributed by atoms with E-state index in [-0.39, 0.29) is 11.8 Å². The minimum atomic E-state index is -0.157. The maximum atomic E-state index is 12.9.